The summed E-state index contributed by atoms with van der Waals surface area (Å²) >= 11 is 0. The van der Waals surface area contributed by atoms with Crippen molar-refractivity contribution in [3.05, 3.63) is 0 Å². The van der Waals surface area contributed by atoms with Crippen LogP contribution in [-0.2, 0) is 47.4 Å². The summed E-state index contributed by atoms with van der Waals surface area (Å²) in [5.74, 6) is 0. The van der Waals surface area contributed by atoms with Crippen LogP contribution >= 0.6 is 0 Å². The third-order valence-electron chi connectivity index (χ3n) is 4.96. The minimum absolute atomic E-state index is 0.0580. The van der Waals surface area contributed by atoms with E-state index in [1.807, 2.05) is 14.1 Å². The van der Waals surface area contributed by atoms with Crippen LogP contribution in [0.2, 0.25) is 0 Å². The van der Waals surface area contributed by atoms with E-state index in [2.05, 4.69) is 4.90 Å². The molecule has 1 unspecified atom stereocenters. The predicted octanol–water partition coefficient (Wildman–Crippen LogP) is 1.22. The molecule has 0 aliphatic carbocycles. The fourth-order valence-corrected chi connectivity index (χ4v) is 2.97. The number of likely N-dealkylation sites (N-methyl/N-ethyl adjacent to an activating group) is 1. The molecule has 0 aromatic rings. The normalized spacial score (nSPS) is 16.2. The van der Waals surface area contributed by atoms with Crippen molar-refractivity contribution in [2.45, 2.75) is 25.6 Å². The van der Waals surface area contributed by atoms with E-state index in [0.717, 1.165) is 32.6 Å². The Balaban J connectivity index is 1.62. The molecule has 216 valence electrons. The van der Waals surface area contributed by atoms with Gasteiger partial charge >= 0.3 is 0 Å². The minimum Gasteiger partial charge on any atom is -0.378 e. The van der Waals surface area contributed by atoms with Gasteiger partial charge in [0, 0.05) is 13.2 Å². The molecular formula is C25H51NO10. The van der Waals surface area contributed by atoms with Crippen molar-refractivity contribution in [1.29, 1.82) is 0 Å². The van der Waals surface area contributed by atoms with E-state index in [4.69, 9.17) is 47.4 Å². The molecule has 0 amide bonds. The summed E-state index contributed by atoms with van der Waals surface area (Å²) in [6.45, 7) is 11.2. The molecular weight excluding hydrogens is 474 g/mol. The first-order chi connectivity index (χ1) is 17.8. The highest BCUT2D eigenvalue weighted by molar-refractivity contribution is 4.53. The Morgan fingerprint density at radius 1 is 0.500 bits per heavy atom. The van der Waals surface area contributed by atoms with Crippen molar-refractivity contribution in [3.8, 4) is 0 Å². The van der Waals surface area contributed by atoms with Gasteiger partial charge in [-0.1, -0.05) is 0 Å². The number of hydrogen-bond donors (Lipinski definition) is 0. The average Bonchev–Trinajstić information content (AvgIpc) is 2.88. The van der Waals surface area contributed by atoms with Crippen molar-refractivity contribution in [3.63, 3.8) is 0 Å². The molecule has 1 atom stereocenters. The van der Waals surface area contributed by atoms with Gasteiger partial charge in [-0.2, -0.15) is 0 Å². The van der Waals surface area contributed by atoms with E-state index in [9.17, 15) is 0 Å². The molecule has 1 saturated heterocycles. The van der Waals surface area contributed by atoms with Gasteiger partial charge in [0.05, 0.1) is 112 Å². The van der Waals surface area contributed by atoms with Crippen LogP contribution in [-0.4, -0.2) is 151 Å². The first-order valence-electron chi connectivity index (χ1n) is 13.3. The smallest absolute Gasteiger partial charge is 0.157 e. The molecule has 0 N–H and O–H groups in total. The van der Waals surface area contributed by atoms with Crippen molar-refractivity contribution < 1.29 is 47.4 Å². The maximum Gasteiger partial charge on any atom is 0.157 e. The molecule has 11 heteroatoms. The van der Waals surface area contributed by atoms with Crippen molar-refractivity contribution in [2.24, 2.45) is 0 Å². The Hall–Kier alpha value is -0.440. The van der Waals surface area contributed by atoms with Crippen LogP contribution in [0.5, 0.6) is 0 Å². The van der Waals surface area contributed by atoms with Gasteiger partial charge in [-0.25, -0.2) is 0 Å². The lowest BCUT2D eigenvalue weighted by Crippen LogP contribution is -2.24. The Bertz CT molecular complexity index is 428. The maximum atomic E-state index is 5.60. The minimum atomic E-state index is -0.0580. The quantitative estimate of drug-likeness (QED) is 0.138. The number of rotatable bonds is 28. The molecule has 11 nitrogen and oxygen atoms in total. The predicted molar refractivity (Wildman–Crippen MR) is 135 cm³/mol. The van der Waals surface area contributed by atoms with E-state index in [1.165, 1.54) is 6.42 Å². The SMILES string of the molecule is CN(C)CCOCCOCCOCCOCCOCCOCCOCCOCCOC1CCCCO1. The van der Waals surface area contributed by atoms with Gasteiger partial charge in [-0.15, -0.1) is 0 Å². The van der Waals surface area contributed by atoms with Gasteiger partial charge in [-0.05, 0) is 33.4 Å². The molecule has 1 aliphatic rings. The number of ether oxygens (including phenoxy) is 10. The fourth-order valence-electron chi connectivity index (χ4n) is 2.97. The summed E-state index contributed by atoms with van der Waals surface area (Å²) in [7, 11) is 4.05. The second-order valence-electron chi connectivity index (χ2n) is 8.37. The van der Waals surface area contributed by atoms with Crippen LogP contribution in [0.25, 0.3) is 0 Å². The fraction of sp³-hybridized carbons (Fsp3) is 1.00. The van der Waals surface area contributed by atoms with Gasteiger partial charge in [0.25, 0.3) is 0 Å². The second-order valence-corrected chi connectivity index (χ2v) is 8.37. The maximum absolute atomic E-state index is 5.60. The van der Waals surface area contributed by atoms with E-state index in [1.54, 1.807) is 0 Å². The zero-order chi connectivity index (χ0) is 25.8. The van der Waals surface area contributed by atoms with Crippen LogP contribution in [0.3, 0.4) is 0 Å². The third kappa shape index (κ3) is 25.2. The highest BCUT2D eigenvalue weighted by Gasteiger charge is 2.13. The Kier molecular flexibility index (Phi) is 25.7. The van der Waals surface area contributed by atoms with E-state index >= 15 is 0 Å². The van der Waals surface area contributed by atoms with Crippen LogP contribution in [0, 0.1) is 0 Å². The standard InChI is InChI=1S/C25H51NO10/c1-26(2)6-8-27-9-10-28-11-12-29-13-14-30-15-16-31-17-18-32-19-20-33-21-22-34-23-24-36-25-5-3-4-7-35-25/h25H,3-24H2,1-2H3. The van der Waals surface area contributed by atoms with Crippen molar-refractivity contribution >= 4 is 0 Å². The molecule has 1 fully saturated rings. The van der Waals surface area contributed by atoms with E-state index in [0.29, 0.717) is 106 Å². The molecule has 1 aliphatic heterocycles. The van der Waals surface area contributed by atoms with Gasteiger partial charge in [0.15, 0.2) is 6.29 Å². The summed E-state index contributed by atoms with van der Waals surface area (Å²) in [6.07, 6.45) is 3.22. The molecule has 0 aromatic carbocycles. The summed E-state index contributed by atoms with van der Waals surface area (Å²) < 4.78 is 54.8. The Morgan fingerprint density at radius 3 is 1.19 bits per heavy atom. The molecule has 0 spiro atoms. The molecule has 1 rings (SSSR count). The molecule has 0 radical (unpaired) electrons. The van der Waals surface area contributed by atoms with Crippen molar-refractivity contribution in [1.82, 2.24) is 4.90 Å². The summed E-state index contributed by atoms with van der Waals surface area (Å²) in [5.41, 5.74) is 0. The van der Waals surface area contributed by atoms with E-state index in [-0.39, 0.29) is 6.29 Å². The lowest BCUT2D eigenvalue weighted by atomic mass is 10.2. The second kappa shape index (κ2) is 27.6. The van der Waals surface area contributed by atoms with E-state index < -0.39 is 0 Å². The van der Waals surface area contributed by atoms with Crippen LogP contribution in [0.1, 0.15) is 19.3 Å². The van der Waals surface area contributed by atoms with Crippen LogP contribution in [0.15, 0.2) is 0 Å². The monoisotopic (exact) mass is 525 g/mol. The lowest BCUT2D eigenvalue weighted by molar-refractivity contribution is -0.169. The first kappa shape index (κ1) is 33.6. The molecule has 0 aromatic heterocycles. The zero-order valence-electron chi connectivity index (χ0n) is 22.7. The van der Waals surface area contributed by atoms with Gasteiger partial charge < -0.3 is 52.3 Å². The Labute approximate surface area is 217 Å². The number of nitrogens with zero attached hydrogens (tertiary/aromatic N) is 1. The largest absolute Gasteiger partial charge is 0.378 e. The van der Waals surface area contributed by atoms with Crippen LogP contribution < -0.4 is 0 Å². The van der Waals surface area contributed by atoms with Gasteiger partial charge in [-0.3, -0.25) is 0 Å². The molecule has 0 bridgehead atoms. The topological polar surface area (TPSA) is 95.5 Å². The lowest BCUT2D eigenvalue weighted by Gasteiger charge is -2.22. The Morgan fingerprint density at radius 2 is 0.861 bits per heavy atom. The summed E-state index contributed by atoms with van der Waals surface area (Å²) in [5, 5.41) is 0. The molecule has 36 heavy (non-hydrogen) atoms. The highest BCUT2D eigenvalue weighted by atomic mass is 16.7. The summed E-state index contributed by atoms with van der Waals surface area (Å²) in [4.78, 5) is 2.09. The summed E-state index contributed by atoms with van der Waals surface area (Å²) in [6, 6.07) is 0. The highest BCUT2D eigenvalue weighted by Crippen LogP contribution is 2.13. The zero-order valence-corrected chi connectivity index (χ0v) is 22.7. The van der Waals surface area contributed by atoms with Gasteiger partial charge in [0.1, 0.15) is 0 Å². The number of hydrogen-bond acceptors (Lipinski definition) is 11. The molecule has 1 heterocycles. The van der Waals surface area contributed by atoms with Crippen LogP contribution in [0.4, 0.5) is 0 Å². The molecule has 0 saturated carbocycles. The average molecular weight is 526 g/mol. The van der Waals surface area contributed by atoms with Crippen molar-refractivity contribution in [2.75, 3.05) is 140 Å². The first-order valence-corrected chi connectivity index (χ1v) is 13.3. The van der Waals surface area contributed by atoms with Gasteiger partial charge in [0.2, 0.25) is 0 Å². The third-order valence-corrected chi connectivity index (χ3v) is 4.96.